The Morgan fingerprint density at radius 2 is 1.90 bits per heavy atom. The number of hydrogen-bond acceptors (Lipinski definition) is 2. The zero-order valence-electron chi connectivity index (χ0n) is 16.6. The smallest absolute Gasteiger partial charge is 0.132 e. The summed E-state index contributed by atoms with van der Waals surface area (Å²) >= 11 is 0. The van der Waals surface area contributed by atoms with Gasteiger partial charge in [-0.2, -0.15) is 0 Å². The second-order valence-electron chi connectivity index (χ2n) is 8.45. The van der Waals surface area contributed by atoms with Gasteiger partial charge < -0.3 is 10.1 Å². The predicted octanol–water partition coefficient (Wildman–Crippen LogP) is 6.14. The van der Waals surface area contributed by atoms with Gasteiger partial charge in [0, 0.05) is 28.7 Å². The summed E-state index contributed by atoms with van der Waals surface area (Å²) in [6, 6.07) is 13.9. The Morgan fingerprint density at radius 3 is 2.83 bits per heavy atom. The summed E-state index contributed by atoms with van der Waals surface area (Å²) in [5.74, 6) is 1.77. The van der Waals surface area contributed by atoms with Crippen molar-refractivity contribution in [2.45, 2.75) is 43.7 Å². The Labute approximate surface area is 172 Å². The largest absolute Gasteiger partial charge is 0.484 e. The predicted molar refractivity (Wildman–Crippen MR) is 120 cm³/mol. The minimum absolute atomic E-state index is 0.127. The molecule has 4 unspecified atom stereocenters. The lowest BCUT2D eigenvalue weighted by molar-refractivity contribution is 0.268. The molecule has 4 aliphatic rings. The number of rotatable bonds is 3. The van der Waals surface area contributed by atoms with Gasteiger partial charge in [-0.1, -0.05) is 80.1 Å². The SMILES string of the molecule is CCCc1ccc2c(c1)C1C=C(c3cccc4c3OC3C=CC=CC43)C=CC1N2. The molecule has 2 aromatic carbocycles. The van der Waals surface area contributed by atoms with Gasteiger partial charge in [0.2, 0.25) is 0 Å². The summed E-state index contributed by atoms with van der Waals surface area (Å²) < 4.78 is 6.40. The van der Waals surface area contributed by atoms with Gasteiger partial charge in [-0.05, 0) is 35.3 Å². The molecule has 2 aromatic rings. The van der Waals surface area contributed by atoms with E-state index in [1.165, 1.54) is 39.9 Å². The topological polar surface area (TPSA) is 21.3 Å². The van der Waals surface area contributed by atoms with E-state index >= 15 is 0 Å². The van der Waals surface area contributed by atoms with Crippen molar-refractivity contribution in [2.24, 2.45) is 0 Å². The molecule has 4 atom stereocenters. The zero-order valence-corrected chi connectivity index (χ0v) is 16.6. The van der Waals surface area contributed by atoms with Crippen LogP contribution in [-0.2, 0) is 6.42 Å². The number of ether oxygens (including phenoxy) is 1. The quantitative estimate of drug-likeness (QED) is 0.691. The fourth-order valence-corrected chi connectivity index (χ4v) is 5.22. The Morgan fingerprint density at radius 1 is 0.966 bits per heavy atom. The summed E-state index contributed by atoms with van der Waals surface area (Å²) in [6.45, 7) is 2.24. The minimum atomic E-state index is 0.127. The fraction of sp³-hybridized carbons (Fsp3) is 0.259. The molecule has 6 rings (SSSR count). The van der Waals surface area contributed by atoms with Crippen molar-refractivity contribution in [2.75, 3.05) is 5.32 Å². The molecule has 2 heterocycles. The first-order valence-electron chi connectivity index (χ1n) is 10.8. The Kier molecular flexibility index (Phi) is 3.80. The fourth-order valence-electron chi connectivity index (χ4n) is 5.22. The van der Waals surface area contributed by atoms with Gasteiger partial charge in [-0.25, -0.2) is 0 Å². The lowest BCUT2D eigenvalue weighted by atomic mass is 9.84. The van der Waals surface area contributed by atoms with Crippen LogP contribution >= 0.6 is 0 Å². The number of aryl methyl sites for hydroxylation is 1. The van der Waals surface area contributed by atoms with Crippen molar-refractivity contribution in [1.82, 2.24) is 0 Å². The molecule has 2 aliphatic heterocycles. The van der Waals surface area contributed by atoms with Gasteiger partial charge in [0.15, 0.2) is 0 Å². The molecule has 0 saturated heterocycles. The number of fused-ring (bicyclic) bond motifs is 6. The summed E-state index contributed by atoms with van der Waals surface area (Å²) in [4.78, 5) is 0. The van der Waals surface area contributed by atoms with Gasteiger partial charge in [0.05, 0.1) is 6.04 Å². The first kappa shape index (κ1) is 16.9. The van der Waals surface area contributed by atoms with Gasteiger partial charge in [-0.15, -0.1) is 0 Å². The van der Waals surface area contributed by atoms with Crippen LogP contribution in [0.2, 0.25) is 0 Å². The maximum atomic E-state index is 6.40. The van der Waals surface area contributed by atoms with Crippen molar-refractivity contribution in [3.05, 3.63) is 101 Å². The van der Waals surface area contributed by atoms with E-state index in [0.29, 0.717) is 17.9 Å². The van der Waals surface area contributed by atoms with E-state index in [2.05, 4.69) is 91.2 Å². The maximum Gasteiger partial charge on any atom is 0.132 e. The van der Waals surface area contributed by atoms with Crippen LogP contribution in [-0.4, -0.2) is 12.1 Å². The Bertz CT molecular complexity index is 1100. The van der Waals surface area contributed by atoms with E-state index in [4.69, 9.17) is 4.74 Å². The van der Waals surface area contributed by atoms with Gasteiger partial charge in [0.25, 0.3) is 0 Å². The van der Waals surface area contributed by atoms with Crippen LogP contribution in [0, 0.1) is 0 Å². The first-order valence-corrected chi connectivity index (χ1v) is 10.8. The summed E-state index contributed by atoms with van der Waals surface area (Å²) in [6.07, 6.45) is 18.1. The molecule has 0 radical (unpaired) electrons. The van der Waals surface area contributed by atoms with Gasteiger partial charge in [0.1, 0.15) is 11.9 Å². The number of allylic oxidation sites excluding steroid dienone is 4. The highest BCUT2D eigenvalue weighted by molar-refractivity contribution is 5.83. The second kappa shape index (κ2) is 6.52. The van der Waals surface area contributed by atoms with E-state index in [1.807, 2.05) is 0 Å². The van der Waals surface area contributed by atoms with Crippen LogP contribution in [0.25, 0.3) is 5.57 Å². The van der Waals surface area contributed by atoms with Crippen LogP contribution in [0.15, 0.2) is 78.9 Å². The van der Waals surface area contributed by atoms with E-state index < -0.39 is 0 Å². The third kappa shape index (κ3) is 2.62. The van der Waals surface area contributed by atoms with E-state index in [-0.39, 0.29) is 6.10 Å². The monoisotopic (exact) mass is 379 g/mol. The van der Waals surface area contributed by atoms with Crippen LogP contribution in [0.3, 0.4) is 0 Å². The molecule has 2 heteroatoms. The molecule has 0 aromatic heterocycles. The number of anilines is 1. The molecular weight excluding hydrogens is 354 g/mol. The van der Waals surface area contributed by atoms with Crippen molar-refractivity contribution in [3.8, 4) is 5.75 Å². The lowest BCUT2D eigenvalue weighted by Crippen LogP contribution is -2.19. The molecule has 2 nitrogen and oxygen atoms in total. The number of benzene rings is 2. The van der Waals surface area contributed by atoms with Crippen LogP contribution in [0.5, 0.6) is 5.75 Å². The number of hydrogen-bond donors (Lipinski definition) is 1. The van der Waals surface area contributed by atoms with Gasteiger partial charge in [-0.3, -0.25) is 0 Å². The zero-order chi connectivity index (χ0) is 19.4. The molecule has 144 valence electrons. The lowest BCUT2D eigenvalue weighted by Gasteiger charge is -2.21. The molecule has 29 heavy (non-hydrogen) atoms. The third-order valence-electron chi connectivity index (χ3n) is 6.62. The normalized spacial score (nSPS) is 27.4. The summed E-state index contributed by atoms with van der Waals surface area (Å²) in [7, 11) is 0. The highest BCUT2D eigenvalue weighted by Crippen LogP contribution is 2.48. The molecule has 0 bridgehead atoms. The average Bonchev–Trinajstić information content (AvgIpc) is 3.31. The van der Waals surface area contributed by atoms with Gasteiger partial charge >= 0.3 is 0 Å². The Hall–Kier alpha value is -3.00. The summed E-state index contributed by atoms with van der Waals surface area (Å²) in [5.41, 5.74) is 7.93. The summed E-state index contributed by atoms with van der Waals surface area (Å²) in [5, 5.41) is 3.69. The number of para-hydroxylation sites is 1. The molecule has 0 spiro atoms. The molecule has 0 amide bonds. The average molecular weight is 380 g/mol. The molecule has 0 fully saturated rings. The van der Waals surface area contributed by atoms with Crippen molar-refractivity contribution in [1.29, 1.82) is 0 Å². The highest BCUT2D eigenvalue weighted by atomic mass is 16.5. The van der Waals surface area contributed by atoms with Crippen LogP contribution in [0.1, 0.15) is 47.4 Å². The Balaban J connectivity index is 1.40. The molecule has 1 N–H and O–H groups in total. The molecule has 0 saturated carbocycles. The maximum absolute atomic E-state index is 6.40. The number of nitrogens with one attached hydrogen (secondary N) is 1. The van der Waals surface area contributed by atoms with E-state index in [0.717, 1.165) is 12.2 Å². The second-order valence-corrected chi connectivity index (χ2v) is 8.45. The van der Waals surface area contributed by atoms with Crippen LogP contribution in [0.4, 0.5) is 5.69 Å². The third-order valence-corrected chi connectivity index (χ3v) is 6.62. The minimum Gasteiger partial charge on any atom is -0.484 e. The molecule has 2 aliphatic carbocycles. The highest BCUT2D eigenvalue weighted by Gasteiger charge is 2.36. The van der Waals surface area contributed by atoms with Crippen LogP contribution < -0.4 is 10.1 Å². The van der Waals surface area contributed by atoms with Crippen molar-refractivity contribution in [3.63, 3.8) is 0 Å². The standard InChI is InChI=1S/C27H25NO/c1-2-6-17-11-13-24-22(15-17)23-16-18(12-14-25(23)28-24)19-8-5-9-21-20-7-3-4-10-26(20)29-27(19)21/h3-5,7-16,20,23,25-26,28H,2,6H2,1H3. The van der Waals surface area contributed by atoms with Crippen molar-refractivity contribution >= 4 is 11.3 Å². The first-order chi connectivity index (χ1) is 14.3. The van der Waals surface area contributed by atoms with Crippen molar-refractivity contribution < 1.29 is 4.74 Å². The molecular formula is C27H25NO. The van der Waals surface area contributed by atoms with E-state index in [1.54, 1.807) is 0 Å². The van der Waals surface area contributed by atoms with E-state index in [9.17, 15) is 0 Å².